The summed E-state index contributed by atoms with van der Waals surface area (Å²) in [4.78, 5) is 38.6. The SMILES string of the molecule is O=C(N[C@@H]1CCN(C(=O)c2cc(Cc3n[nH]c(=O)c4ccccc34)ccc2F)C1)C1CC1. The van der Waals surface area contributed by atoms with Crippen molar-refractivity contribution in [2.45, 2.75) is 31.7 Å². The highest BCUT2D eigenvalue weighted by molar-refractivity contribution is 5.95. The quantitative estimate of drug-likeness (QED) is 0.645. The number of hydrogen-bond acceptors (Lipinski definition) is 4. The zero-order valence-electron chi connectivity index (χ0n) is 17.4. The maximum absolute atomic E-state index is 14.6. The Morgan fingerprint density at radius 2 is 1.91 bits per heavy atom. The predicted molar refractivity (Wildman–Crippen MR) is 117 cm³/mol. The van der Waals surface area contributed by atoms with Crippen molar-refractivity contribution < 1.29 is 14.0 Å². The summed E-state index contributed by atoms with van der Waals surface area (Å²) in [6.07, 6.45) is 2.87. The van der Waals surface area contributed by atoms with E-state index >= 15 is 0 Å². The van der Waals surface area contributed by atoms with Crippen LogP contribution in [0.25, 0.3) is 10.8 Å². The smallest absolute Gasteiger partial charge is 0.272 e. The van der Waals surface area contributed by atoms with Gasteiger partial charge in [-0.05, 0) is 43.0 Å². The Bertz CT molecular complexity index is 1270. The maximum atomic E-state index is 14.6. The molecule has 1 aliphatic heterocycles. The molecule has 2 aliphatic rings. The number of nitrogens with one attached hydrogen (secondary N) is 2. The summed E-state index contributed by atoms with van der Waals surface area (Å²) in [6, 6.07) is 11.5. The number of amides is 2. The molecule has 164 valence electrons. The second kappa shape index (κ2) is 8.18. The standard InChI is InChI=1S/C24H23FN4O3/c25-20-8-5-14(12-21-17-3-1-2-4-18(17)23(31)28-27-21)11-19(20)24(32)29-10-9-16(13-29)26-22(30)15-6-7-15/h1-5,8,11,15-16H,6-7,9-10,12-13H2,(H,26,30)(H,28,31)/t16-/m1/s1. The van der Waals surface area contributed by atoms with Gasteiger partial charge in [0.25, 0.3) is 11.5 Å². The molecule has 0 unspecified atom stereocenters. The van der Waals surface area contributed by atoms with Crippen molar-refractivity contribution in [2.24, 2.45) is 5.92 Å². The fourth-order valence-corrected chi connectivity index (χ4v) is 4.24. The number of rotatable bonds is 5. The van der Waals surface area contributed by atoms with Gasteiger partial charge in [-0.2, -0.15) is 5.10 Å². The van der Waals surface area contributed by atoms with Crippen molar-refractivity contribution in [3.05, 3.63) is 75.5 Å². The summed E-state index contributed by atoms with van der Waals surface area (Å²) < 4.78 is 14.6. The lowest BCUT2D eigenvalue weighted by Crippen LogP contribution is -2.39. The minimum atomic E-state index is -0.580. The lowest BCUT2D eigenvalue weighted by molar-refractivity contribution is -0.122. The predicted octanol–water partition coefficient (Wildman–Crippen LogP) is 2.39. The van der Waals surface area contributed by atoms with Gasteiger partial charge in [0.05, 0.1) is 16.6 Å². The highest BCUT2D eigenvalue weighted by Gasteiger charge is 2.34. The van der Waals surface area contributed by atoms with Crippen molar-refractivity contribution in [3.63, 3.8) is 0 Å². The van der Waals surface area contributed by atoms with Gasteiger partial charge in [0.1, 0.15) is 5.82 Å². The first-order valence-electron chi connectivity index (χ1n) is 10.8. The zero-order chi connectivity index (χ0) is 22.2. The third-order valence-electron chi connectivity index (χ3n) is 6.18. The number of likely N-dealkylation sites (tertiary alicyclic amines) is 1. The average molecular weight is 434 g/mol. The van der Waals surface area contributed by atoms with Crippen molar-refractivity contribution in [1.82, 2.24) is 20.4 Å². The third-order valence-corrected chi connectivity index (χ3v) is 6.18. The summed E-state index contributed by atoms with van der Waals surface area (Å²) in [7, 11) is 0. The van der Waals surface area contributed by atoms with Crippen LogP contribution >= 0.6 is 0 Å². The number of aromatic amines is 1. The number of fused-ring (bicyclic) bond motifs is 1. The molecule has 1 saturated carbocycles. The van der Waals surface area contributed by atoms with Crippen LogP contribution in [0.3, 0.4) is 0 Å². The van der Waals surface area contributed by atoms with Gasteiger partial charge in [-0.1, -0.05) is 24.3 Å². The van der Waals surface area contributed by atoms with Gasteiger partial charge in [0, 0.05) is 36.9 Å². The fraction of sp³-hybridized carbons (Fsp3) is 0.333. The summed E-state index contributed by atoms with van der Waals surface area (Å²) in [5.74, 6) is -0.792. The molecule has 2 aromatic carbocycles. The van der Waals surface area contributed by atoms with Gasteiger partial charge in [0.15, 0.2) is 0 Å². The molecular formula is C24H23FN4O3. The Morgan fingerprint density at radius 1 is 1.12 bits per heavy atom. The lowest BCUT2D eigenvalue weighted by Gasteiger charge is -2.18. The Balaban J connectivity index is 1.34. The fourth-order valence-electron chi connectivity index (χ4n) is 4.24. The van der Waals surface area contributed by atoms with E-state index in [1.165, 1.54) is 6.07 Å². The van der Waals surface area contributed by atoms with Crippen molar-refractivity contribution >= 4 is 22.6 Å². The normalized spacial score (nSPS) is 18.2. The summed E-state index contributed by atoms with van der Waals surface area (Å²) in [6.45, 7) is 0.858. The molecule has 1 aromatic heterocycles. The summed E-state index contributed by atoms with van der Waals surface area (Å²) in [5, 5.41) is 10.9. The van der Waals surface area contributed by atoms with Crippen molar-refractivity contribution in [3.8, 4) is 0 Å². The zero-order valence-corrected chi connectivity index (χ0v) is 17.4. The number of aromatic nitrogens is 2. The highest BCUT2D eigenvalue weighted by Crippen LogP contribution is 2.29. The van der Waals surface area contributed by atoms with E-state index in [0.717, 1.165) is 23.8 Å². The molecule has 8 heteroatoms. The molecule has 2 amide bonds. The molecule has 32 heavy (non-hydrogen) atoms. The lowest BCUT2D eigenvalue weighted by atomic mass is 10.0. The van der Waals surface area contributed by atoms with Gasteiger partial charge in [-0.15, -0.1) is 0 Å². The number of carbonyl (C=O) groups excluding carboxylic acids is 2. The molecule has 3 aromatic rings. The van der Waals surface area contributed by atoms with Crippen LogP contribution in [0.5, 0.6) is 0 Å². The van der Waals surface area contributed by atoms with Gasteiger partial charge >= 0.3 is 0 Å². The maximum Gasteiger partial charge on any atom is 0.272 e. The van der Waals surface area contributed by atoms with E-state index in [2.05, 4.69) is 15.5 Å². The van der Waals surface area contributed by atoms with E-state index in [4.69, 9.17) is 0 Å². The van der Waals surface area contributed by atoms with E-state index < -0.39 is 5.82 Å². The number of halogens is 1. The molecule has 0 spiro atoms. The van der Waals surface area contributed by atoms with Crippen LogP contribution in [0.2, 0.25) is 0 Å². The number of nitrogens with zero attached hydrogens (tertiary/aromatic N) is 2. The van der Waals surface area contributed by atoms with Gasteiger partial charge < -0.3 is 10.2 Å². The van der Waals surface area contributed by atoms with Crippen LogP contribution in [0.1, 0.15) is 40.9 Å². The molecule has 1 atom stereocenters. The van der Waals surface area contributed by atoms with Gasteiger partial charge in [0.2, 0.25) is 5.91 Å². The molecule has 5 rings (SSSR count). The minimum Gasteiger partial charge on any atom is -0.351 e. The molecule has 2 N–H and O–H groups in total. The Kier molecular flexibility index (Phi) is 5.20. The molecule has 1 saturated heterocycles. The first-order valence-corrected chi connectivity index (χ1v) is 10.8. The van der Waals surface area contributed by atoms with E-state index in [9.17, 15) is 18.8 Å². The minimum absolute atomic E-state index is 0.00500. The van der Waals surface area contributed by atoms with Crippen LogP contribution in [0.15, 0.2) is 47.3 Å². The first-order chi connectivity index (χ1) is 15.5. The van der Waals surface area contributed by atoms with E-state index in [1.54, 1.807) is 29.2 Å². The van der Waals surface area contributed by atoms with Gasteiger partial charge in [-0.25, -0.2) is 9.49 Å². The van der Waals surface area contributed by atoms with Crippen LogP contribution in [0, 0.1) is 11.7 Å². The molecule has 2 fully saturated rings. The summed E-state index contributed by atoms with van der Waals surface area (Å²) in [5.41, 5.74) is 1.11. The van der Waals surface area contributed by atoms with Crippen LogP contribution < -0.4 is 10.9 Å². The molecule has 0 bridgehead atoms. The Labute approximate surface area is 183 Å². The number of benzene rings is 2. The van der Waals surface area contributed by atoms with Gasteiger partial charge in [-0.3, -0.25) is 14.4 Å². The highest BCUT2D eigenvalue weighted by atomic mass is 19.1. The van der Waals surface area contributed by atoms with Crippen molar-refractivity contribution in [1.29, 1.82) is 0 Å². The second-order valence-electron chi connectivity index (χ2n) is 8.56. The molecule has 2 heterocycles. The molecule has 1 aliphatic carbocycles. The average Bonchev–Trinajstić information content (AvgIpc) is 3.56. The Morgan fingerprint density at radius 3 is 2.69 bits per heavy atom. The monoisotopic (exact) mass is 434 g/mol. The van der Waals surface area contributed by atoms with E-state index in [-0.39, 0.29) is 34.9 Å². The van der Waals surface area contributed by atoms with E-state index in [1.807, 2.05) is 12.1 Å². The second-order valence-corrected chi connectivity index (χ2v) is 8.56. The number of H-pyrrole nitrogens is 1. The largest absolute Gasteiger partial charge is 0.351 e. The topological polar surface area (TPSA) is 95.2 Å². The first kappa shape index (κ1) is 20.4. The van der Waals surface area contributed by atoms with Crippen LogP contribution in [-0.2, 0) is 11.2 Å². The van der Waals surface area contributed by atoms with Crippen LogP contribution in [-0.4, -0.2) is 46.0 Å². The third kappa shape index (κ3) is 4.00. The number of hydrogen-bond donors (Lipinski definition) is 2. The van der Waals surface area contributed by atoms with E-state index in [0.29, 0.717) is 37.0 Å². The molecule has 0 radical (unpaired) electrons. The molecule has 7 nitrogen and oxygen atoms in total. The van der Waals surface area contributed by atoms with Crippen molar-refractivity contribution in [2.75, 3.05) is 13.1 Å². The van der Waals surface area contributed by atoms with Crippen LogP contribution in [0.4, 0.5) is 4.39 Å². The summed E-state index contributed by atoms with van der Waals surface area (Å²) >= 11 is 0. The number of carbonyl (C=O) groups is 2. The Hall–Kier alpha value is -3.55. The molecular weight excluding hydrogens is 411 g/mol.